The van der Waals surface area contributed by atoms with Crippen LogP contribution >= 0.6 is 0 Å². The maximum absolute atomic E-state index is 10.3. The third-order valence-corrected chi connectivity index (χ3v) is 1.65. The summed E-state index contributed by atoms with van der Waals surface area (Å²) in [6, 6.07) is -0.743. The number of aliphatic carboxylic acids is 1. The zero-order valence-corrected chi connectivity index (χ0v) is 7.71. The Morgan fingerprint density at radius 3 is 2.42 bits per heavy atom. The van der Waals surface area contributed by atoms with E-state index in [9.17, 15) is 4.79 Å². The molecular weight excluding hydrogens is 156 g/mol. The van der Waals surface area contributed by atoms with Gasteiger partial charge in [0.25, 0.3) is 0 Å². The second-order valence-corrected chi connectivity index (χ2v) is 3.83. The van der Waals surface area contributed by atoms with Crippen LogP contribution in [0.15, 0.2) is 0 Å². The minimum absolute atomic E-state index is 0.224. The quantitative estimate of drug-likeness (QED) is 0.559. The van der Waals surface area contributed by atoms with Gasteiger partial charge in [0.05, 0.1) is 0 Å². The van der Waals surface area contributed by atoms with Crippen LogP contribution in [0.3, 0.4) is 0 Å². The van der Waals surface area contributed by atoms with Crippen molar-refractivity contribution in [1.29, 1.82) is 0 Å². The fraction of sp³-hybridized carbons (Fsp3) is 0.875. The zero-order chi connectivity index (χ0) is 9.78. The number of hydrogen-bond acceptors (Lipinski definition) is 3. The monoisotopic (exact) mass is 174 g/mol. The van der Waals surface area contributed by atoms with Gasteiger partial charge in [0.1, 0.15) is 6.04 Å². The molecule has 0 fully saturated rings. The smallest absolute Gasteiger partial charge is 0.320 e. The highest BCUT2D eigenvalue weighted by Gasteiger charge is 2.14. The number of carbonyl (C=O) groups is 1. The fourth-order valence-electron chi connectivity index (χ4n) is 0.901. The van der Waals surface area contributed by atoms with E-state index in [2.05, 4.69) is 0 Å². The molecule has 0 aromatic carbocycles. The molecule has 5 N–H and O–H groups in total. The molecule has 0 aromatic rings. The molecule has 0 heterocycles. The molecule has 0 aliphatic heterocycles. The van der Waals surface area contributed by atoms with E-state index in [1.807, 2.05) is 13.8 Å². The van der Waals surface area contributed by atoms with E-state index in [4.69, 9.17) is 16.6 Å². The van der Waals surface area contributed by atoms with Crippen LogP contribution in [-0.4, -0.2) is 22.7 Å². The summed E-state index contributed by atoms with van der Waals surface area (Å²) in [4.78, 5) is 10.3. The Morgan fingerprint density at radius 1 is 1.58 bits per heavy atom. The van der Waals surface area contributed by atoms with Crippen LogP contribution in [0.4, 0.5) is 0 Å². The van der Waals surface area contributed by atoms with Gasteiger partial charge in [0, 0.05) is 5.54 Å². The van der Waals surface area contributed by atoms with E-state index in [-0.39, 0.29) is 5.54 Å². The number of hydrogen-bond donors (Lipinski definition) is 3. The molecule has 0 amide bonds. The summed E-state index contributed by atoms with van der Waals surface area (Å²) in [5.41, 5.74) is 10.8. The van der Waals surface area contributed by atoms with Gasteiger partial charge in [-0.15, -0.1) is 0 Å². The topological polar surface area (TPSA) is 89.3 Å². The Bertz CT molecular complexity index is 152. The van der Waals surface area contributed by atoms with Crippen LogP contribution in [0.2, 0.25) is 0 Å². The molecule has 0 spiro atoms. The van der Waals surface area contributed by atoms with E-state index in [1.54, 1.807) is 0 Å². The summed E-state index contributed by atoms with van der Waals surface area (Å²) in [6.07, 6.45) is 2.06. The summed E-state index contributed by atoms with van der Waals surface area (Å²) in [5.74, 6) is -0.940. The van der Waals surface area contributed by atoms with Crippen LogP contribution in [0.5, 0.6) is 0 Å². The molecule has 0 saturated carbocycles. The Kier molecular flexibility index (Phi) is 4.20. The van der Waals surface area contributed by atoms with Crippen LogP contribution in [0.25, 0.3) is 0 Å². The van der Waals surface area contributed by atoms with Crippen molar-refractivity contribution in [2.24, 2.45) is 11.5 Å². The average Bonchev–Trinajstić information content (AvgIpc) is 1.84. The Balaban J connectivity index is 3.51. The van der Waals surface area contributed by atoms with Crippen LogP contribution < -0.4 is 11.5 Å². The molecule has 0 saturated heterocycles. The molecule has 4 nitrogen and oxygen atoms in total. The van der Waals surface area contributed by atoms with E-state index in [1.165, 1.54) is 0 Å². The van der Waals surface area contributed by atoms with Gasteiger partial charge in [-0.1, -0.05) is 0 Å². The van der Waals surface area contributed by atoms with Crippen molar-refractivity contribution in [3.05, 3.63) is 0 Å². The molecule has 72 valence electrons. The van der Waals surface area contributed by atoms with Crippen LogP contribution in [0, 0.1) is 0 Å². The average molecular weight is 174 g/mol. The van der Waals surface area contributed by atoms with Crippen molar-refractivity contribution in [3.8, 4) is 0 Å². The lowest BCUT2D eigenvalue weighted by Crippen LogP contribution is -2.34. The molecule has 12 heavy (non-hydrogen) atoms. The molecule has 0 bridgehead atoms. The first kappa shape index (κ1) is 11.4. The predicted octanol–water partition coefficient (Wildman–Crippen LogP) is 0.306. The predicted molar refractivity (Wildman–Crippen MR) is 47.7 cm³/mol. The minimum atomic E-state index is -0.940. The van der Waals surface area contributed by atoms with Gasteiger partial charge in [0.15, 0.2) is 0 Å². The Hall–Kier alpha value is -0.610. The first-order valence-electron chi connectivity index (χ1n) is 4.10. The van der Waals surface area contributed by atoms with Crippen molar-refractivity contribution >= 4 is 5.97 Å². The van der Waals surface area contributed by atoms with Crippen LogP contribution in [-0.2, 0) is 4.79 Å². The van der Waals surface area contributed by atoms with Crippen LogP contribution in [0.1, 0.15) is 33.1 Å². The van der Waals surface area contributed by atoms with E-state index in [0.29, 0.717) is 6.42 Å². The molecule has 1 atom stereocenters. The van der Waals surface area contributed by atoms with Gasteiger partial charge in [-0.25, -0.2) is 0 Å². The molecule has 0 rings (SSSR count). The number of carboxylic acids is 1. The van der Waals surface area contributed by atoms with Gasteiger partial charge in [-0.05, 0) is 33.1 Å². The highest BCUT2D eigenvalue weighted by atomic mass is 16.4. The first-order valence-corrected chi connectivity index (χ1v) is 4.10. The molecule has 0 unspecified atom stereocenters. The highest BCUT2D eigenvalue weighted by molar-refractivity contribution is 5.72. The number of carboxylic acid groups (broad SMARTS) is 1. The summed E-state index contributed by atoms with van der Waals surface area (Å²) >= 11 is 0. The lowest BCUT2D eigenvalue weighted by molar-refractivity contribution is -0.138. The van der Waals surface area contributed by atoms with Gasteiger partial charge in [0.2, 0.25) is 0 Å². The van der Waals surface area contributed by atoms with Crippen molar-refractivity contribution in [1.82, 2.24) is 0 Å². The summed E-state index contributed by atoms with van der Waals surface area (Å²) < 4.78 is 0. The molecule has 0 aromatic heterocycles. The Labute approximate surface area is 72.9 Å². The van der Waals surface area contributed by atoms with Crippen molar-refractivity contribution in [2.75, 3.05) is 0 Å². The fourth-order valence-corrected chi connectivity index (χ4v) is 0.901. The van der Waals surface area contributed by atoms with Crippen molar-refractivity contribution in [2.45, 2.75) is 44.7 Å². The third-order valence-electron chi connectivity index (χ3n) is 1.65. The lowest BCUT2D eigenvalue weighted by atomic mass is 9.97. The number of nitrogens with two attached hydrogens (primary N) is 2. The normalized spacial score (nSPS) is 14.3. The van der Waals surface area contributed by atoms with Gasteiger partial charge in [-0.2, -0.15) is 0 Å². The summed E-state index contributed by atoms with van der Waals surface area (Å²) in [5, 5.41) is 8.46. The molecule has 0 radical (unpaired) electrons. The lowest BCUT2D eigenvalue weighted by Gasteiger charge is -2.18. The maximum Gasteiger partial charge on any atom is 0.320 e. The summed E-state index contributed by atoms with van der Waals surface area (Å²) in [6.45, 7) is 3.83. The third kappa shape index (κ3) is 6.12. The van der Waals surface area contributed by atoms with Crippen molar-refractivity contribution < 1.29 is 9.90 Å². The van der Waals surface area contributed by atoms with Gasteiger partial charge >= 0.3 is 5.97 Å². The zero-order valence-electron chi connectivity index (χ0n) is 7.71. The minimum Gasteiger partial charge on any atom is -0.480 e. The van der Waals surface area contributed by atoms with Gasteiger partial charge in [-0.3, -0.25) is 4.79 Å². The first-order chi connectivity index (χ1) is 5.33. The van der Waals surface area contributed by atoms with E-state index < -0.39 is 12.0 Å². The second-order valence-electron chi connectivity index (χ2n) is 3.83. The Morgan fingerprint density at radius 2 is 2.08 bits per heavy atom. The van der Waals surface area contributed by atoms with E-state index in [0.717, 1.165) is 12.8 Å². The standard InChI is InChI=1S/C8H18N2O2/c1-8(2,10)5-3-4-6(9)7(11)12/h6H,3-5,9-10H2,1-2H3,(H,11,12)/t6-/m0/s1. The molecule has 0 aliphatic rings. The van der Waals surface area contributed by atoms with Gasteiger partial charge < -0.3 is 16.6 Å². The molecule has 4 heteroatoms. The SMILES string of the molecule is CC(C)(N)CCC[C@H](N)C(=O)O. The largest absolute Gasteiger partial charge is 0.480 e. The van der Waals surface area contributed by atoms with E-state index >= 15 is 0 Å². The molecular formula is C8H18N2O2. The number of rotatable bonds is 5. The molecule has 0 aliphatic carbocycles. The van der Waals surface area contributed by atoms with Crippen molar-refractivity contribution in [3.63, 3.8) is 0 Å². The highest BCUT2D eigenvalue weighted by Crippen LogP contribution is 2.09. The maximum atomic E-state index is 10.3. The second kappa shape index (κ2) is 4.42. The summed E-state index contributed by atoms with van der Waals surface area (Å²) in [7, 11) is 0.